The highest BCUT2D eigenvalue weighted by Gasteiger charge is 2.30. The van der Waals surface area contributed by atoms with E-state index in [1.807, 2.05) is 39.2 Å². The number of carbonyl (C=O) groups is 2. The fourth-order valence-corrected chi connectivity index (χ4v) is 4.39. The number of fused-ring (bicyclic) bond motifs is 1. The molecule has 190 valence electrons. The summed E-state index contributed by atoms with van der Waals surface area (Å²) in [6, 6.07) is 5.24. The number of amides is 2. The van der Waals surface area contributed by atoms with Gasteiger partial charge in [-0.25, -0.2) is 0 Å². The number of aliphatic hydroxyl groups is 1. The van der Waals surface area contributed by atoms with E-state index in [1.165, 1.54) is 0 Å². The predicted molar refractivity (Wildman–Crippen MR) is 131 cm³/mol. The second-order valence-corrected chi connectivity index (χ2v) is 9.72. The Morgan fingerprint density at radius 2 is 2.03 bits per heavy atom. The monoisotopic (exact) mass is 476 g/mol. The molecular weight excluding hydrogens is 436 g/mol. The Kier molecular flexibility index (Phi) is 9.70. The lowest BCUT2D eigenvalue weighted by molar-refractivity contribution is -0.134. The maximum atomic E-state index is 13.2. The number of carbonyl (C=O) groups excluding carboxylic acids is 2. The van der Waals surface area contributed by atoms with Crippen LogP contribution in [0.4, 0.5) is 5.69 Å². The van der Waals surface area contributed by atoms with Crippen LogP contribution in [-0.4, -0.2) is 110 Å². The average molecular weight is 477 g/mol. The lowest BCUT2D eigenvalue weighted by Crippen LogP contribution is -2.47. The molecule has 0 spiro atoms. The van der Waals surface area contributed by atoms with Crippen LogP contribution in [0.15, 0.2) is 18.2 Å². The molecule has 0 bridgehead atoms. The Labute approximate surface area is 203 Å². The highest BCUT2D eigenvalue weighted by Crippen LogP contribution is 2.29. The highest BCUT2D eigenvalue weighted by atomic mass is 16.5. The molecule has 3 atom stereocenters. The molecule has 0 aliphatic carbocycles. The molecule has 2 aliphatic rings. The second kappa shape index (κ2) is 12.5. The van der Waals surface area contributed by atoms with Gasteiger partial charge in [0.25, 0.3) is 0 Å². The van der Waals surface area contributed by atoms with Crippen molar-refractivity contribution in [1.29, 1.82) is 0 Å². The molecule has 2 N–H and O–H groups in total. The largest absolute Gasteiger partial charge is 0.488 e. The van der Waals surface area contributed by atoms with Crippen LogP contribution in [0.2, 0.25) is 0 Å². The summed E-state index contributed by atoms with van der Waals surface area (Å²) in [5.41, 5.74) is 1.39. The van der Waals surface area contributed by atoms with Crippen molar-refractivity contribution in [2.24, 2.45) is 5.92 Å². The fourth-order valence-electron chi connectivity index (χ4n) is 4.39. The van der Waals surface area contributed by atoms with Crippen LogP contribution in [-0.2, 0) is 20.7 Å². The summed E-state index contributed by atoms with van der Waals surface area (Å²) >= 11 is 0. The van der Waals surface area contributed by atoms with E-state index in [4.69, 9.17) is 9.47 Å². The van der Waals surface area contributed by atoms with Crippen LogP contribution in [0.25, 0.3) is 0 Å². The van der Waals surface area contributed by atoms with E-state index < -0.39 is 0 Å². The first kappa shape index (κ1) is 26.4. The van der Waals surface area contributed by atoms with E-state index in [9.17, 15) is 14.7 Å². The zero-order valence-electron chi connectivity index (χ0n) is 21.0. The van der Waals surface area contributed by atoms with Gasteiger partial charge in [0.1, 0.15) is 11.9 Å². The van der Waals surface area contributed by atoms with Gasteiger partial charge in [0.05, 0.1) is 32.3 Å². The summed E-state index contributed by atoms with van der Waals surface area (Å²) in [6.45, 7) is 8.86. The number of nitrogens with zero attached hydrogens (tertiary/aromatic N) is 3. The van der Waals surface area contributed by atoms with E-state index >= 15 is 0 Å². The third-order valence-corrected chi connectivity index (χ3v) is 6.50. The van der Waals surface area contributed by atoms with Crippen molar-refractivity contribution < 1.29 is 24.2 Å². The molecule has 3 rings (SSSR count). The molecule has 1 aromatic rings. The molecule has 1 aromatic carbocycles. The minimum Gasteiger partial charge on any atom is -0.488 e. The molecule has 9 heteroatoms. The first-order valence-electron chi connectivity index (χ1n) is 12.2. The van der Waals surface area contributed by atoms with Crippen LogP contribution in [0.5, 0.6) is 5.75 Å². The van der Waals surface area contributed by atoms with E-state index in [0.717, 1.165) is 18.7 Å². The molecule has 0 radical (unpaired) electrons. The Bertz CT molecular complexity index is 828. The number of ether oxygens (including phenoxy) is 2. The maximum Gasteiger partial charge on any atom is 0.227 e. The Hall–Kier alpha value is -2.20. The number of morpholine rings is 1. The smallest absolute Gasteiger partial charge is 0.227 e. The zero-order valence-corrected chi connectivity index (χ0v) is 21.0. The molecule has 9 nitrogen and oxygen atoms in total. The number of likely N-dealkylation sites (N-methyl/N-ethyl adjacent to an activating group) is 1. The van der Waals surface area contributed by atoms with Gasteiger partial charge in [-0.05, 0) is 39.2 Å². The standard InChI is InChI=1S/C25H40N4O5/c1-18-15-29(19(2)17-30)25(32)14-20-13-21(5-6-22(20)34-23(18)16-27(3)4)26-24(31)7-8-28-9-11-33-12-10-28/h5-6,13,18-19,23,30H,7-12,14-17H2,1-4H3,(H,26,31)/t18-,19-,23+/m0/s1. The molecule has 1 saturated heterocycles. The van der Waals surface area contributed by atoms with Crippen molar-refractivity contribution >= 4 is 17.5 Å². The van der Waals surface area contributed by atoms with Crippen molar-refractivity contribution in [2.45, 2.75) is 38.8 Å². The second-order valence-electron chi connectivity index (χ2n) is 9.72. The number of aliphatic hydroxyl groups excluding tert-OH is 1. The lowest BCUT2D eigenvalue weighted by atomic mass is 10.0. The summed E-state index contributed by atoms with van der Waals surface area (Å²) in [5.74, 6) is 0.624. The molecule has 0 aromatic heterocycles. The third-order valence-electron chi connectivity index (χ3n) is 6.50. The Balaban J connectivity index is 1.76. The van der Waals surface area contributed by atoms with Gasteiger partial charge in [0.2, 0.25) is 11.8 Å². The Morgan fingerprint density at radius 3 is 2.71 bits per heavy atom. The van der Waals surface area contributed by atoms with E-state index in [0.29, 0.717) is 50.7 Å². The maximum absolute atomic E-state index is 13.2. The minimum atomic E-state index is -0.278. The van der Waals surface area contributed by atoms with Gasteiger partial charge in [0, 0.05) is 56.3 Å². The number of hydrogen-bond donors (Lipinski definition) is 2. The number of benzene rings is 1. The predicted octanol–water partition coefficient (Wildman–Crippen LogP) is 1.06. The first-order chi connectivity index (χ1) is 16.3. The molecule has 2 amide bonds. The van der Waals surface area contributed by atoms with Gasteiger partial charge >= 0.3 is 0 Å². The summed E-state index contributed by atoms with van der Waals surface area (Å²) in [7, 11) is 4.00. The van der Waals surface area contributed by atoms with E-state index in [-0.39, 0.29) is 42.9 Å². The number of nitrogens with one attached hydrogen (secondary N) is 1. The van der Waals surface area contributed by atoms with Gasteiger partial charge in [0.15, 0.2) is 0 Å². The van der Waals surface area contributed by atoms with Gasteiger partial charge in [-0.2, -0.15) is 0 Å². The first-order valence-corrected chi connectivity index (χ1v) is 12.2. The average Bonchev–Trinajstić information content (AvgIpc) is 2.85. The van der Waals surface area contributed by atoms with E-state index in [1.54, 1.807) is 4.90 Å². The number of rotatable bonds is 8. The van der Waals surface area contributed by atoms with Crippen molar-refractivity contribution in [1.82, 2.24) is 14.7 Å². The zero-order chi connectivity index (χ0) is 24.7. The SMILES string of the molecule is C[C@H]1CN([C@@H](C)CO)C(=O)Cc2cc(NC(=O)CCN3CCOCC3)ccc2O[C@@H]1CN(C)C. The topological polar surface area (TPSA) is 94.6 Å². The summed E-state index contributed by atoms with van der Waals surface area (Å²) < 4.78 is 11.8. The van der Waals surface area contributed by atoms with Crippen LogP contribution >= 0.6 is 0 Å². The fraction of sp³-hybridized carbons (Fsp3) is 0.680. The number of anilines is 1. The molecule has 2 aliphatic heterocycles. The summed E-state index contributed by atoms with van der Waals surface area (Å²) in [5, 5.41) is 12.7. The van der Waals surface area contributed by atoms with Crippen molar-refractivity contribution in [3.8, 4) is 5.75 Å². The van der Waals surface area contributed by atoms with Crippen LogP contribution in [0.1, 0.15) is 25.8 Å². The van der Waals surface area contributed by atoms with Crippen molar-refractivity contribution in [3.63, 3.8) is 0 Å². The minimum absolute atomic E-state index is 0.0560. The van der Waals surface area contributed by atoms with Gasteiger partial charge in [-0.1, -0.05) is 6.92 Å². The normalized spacial score (nSPS) is 22.9. The molecular formula is C25H40N4O5. The van der Waals surface area contributed by atoms with Crippen LogP contribution in [0, 0.1) is 5.92 Å². The number of hydrogen-bond acceptors (Lipinski definition) is 7. The van der Waals surface area contributed by atoms with Crippen LogP contribution in [0.3, 0.4) is 0 Å². The molecule has 34 heavy (non-hydrogen) atoms. The molecule has 2 heterocycles. The van der Waals surface area contributed by atoms with E-state index in [2.05, 4.69) is 22.0 Å². The van der Waals surface area contributed by atoms with Crippen molar-refractivity contribution in [2.75, 3.05) is 72.0 Å². The van der Waals surface area contributed by atoms with Gasteiger partial charge in [-0.3, -0.25) is 14.5 Å². The summed E-state index contributed by atoms with van der Waals surface area (Å²) in [4.78, 5) is 31.8. The van der Waals surface area contributed by atoms with Crippen molar-refractivity contribution in [3.05, 3.63) is 23.8 Å². The quantitative estimate of drug-likeness (QED) is 0.579. The van der Waals surface area contributed by atoms with Crippen LogP contribution < -0.4 is 10.1 Å². The van der Waals surface area contributed by atoms with Gasteiger partial charge in [-0.15, -0.1) is 0 Å². The molecule has 0 unspecified atom stereocenters. The third kappa shape index (κ3) is 7.40. The lowest BCUT2D eigenvalue weighted by Gasteiger charge is -2.33. The molecule has 1 fully saturated rings. The highest BCUT2D eigenvalue weighted by molar-refractivity contribution is 5.91. The Morgan fingerprint density at radius 1 is 1.29 bits per heavy atom. The van der Waals surface area contributed by atoms with Gasteiger partial charge < -0.3 is 29.7 Å². The summed E-state index contributed by atoms with van der Waals surface area (Å²) in [6.07, 6.45) is 0.428. The molecule has 0 saturated carbocycles.